The van der Waals surface area contributed by atoms with Gasteiger partial charge in [-0.1, -0.05) is 27.7 Å². The molecule has 158 valence electrons. The lowest BCUT2D eigenvalue weighted by atomic mass is 9.43. The van der Waals surface area contributed by atoms with Crippen molar-refractivity contribution in [1.82, 2.24) is 5.32 Å². The highest BCUT2D eigenvalue weighted by atomic mass is 16.5. The highest BCUT2D eigenvalue weighted by molar-refractivity contribution is 5.99. The predicted octanol–water partition coefficient (Wildman–Crippen LogP) is 4.80. The number of hydrogen-bond acceptors (Lipinski definition) is 3. The smallest absolute Gasteiger partial charge is 0.252 e. The lowest BCUT2D eigenvalue weighted by Crippen LogP contribution is -2.70. The highest BCUT2D eigenvalue weighted by Gasteiger charge is 2.67. The molecule has 1 amide bonds. The quantitative estimate of drug-likeness (QED) is 0.740. The Labute approximate surface area is 174 Å². The van der Waals surface area contributed by atoms with Gasteiger partial charge in [-0.05, 0) is 67.6 Å². The Morgan fingerprint density at radius 2 is 1.93 bits per heavy atom. The van der Waals surface area contributed by atoms with Gasteiger partial charge >= 0.3 is 0 Å². The Balaban J connectivity index is 1.71. The van der Waals surface area contributed by atoms with Crippen LogP contribution >= 0.6 is 0 Å². The predicted molar refractivity (Wildman–Crippen MR) is 113 cm³/mol. The zero-order chi connectivity index (χ0) is 20.8. The van der Waals surface area contributed by atoms with Crippen molar-refractivity contribution in [2.45, 2.75) is 85.0 Å². The Hall–Kier alpha value is -1.55. The summed E-state index contributed by atoms with van der Waals surface area (Å²) in [7, 11) is 1.86. The zero-order valence-electron chi connectivity index (χ0n) is 18.8. The van der Waals surface area contributed by atoms with Gasteiger partial charge in [-0.3, -0.25) is 4.79 Å². The van der Waals surface area contributed by atoms with Crippen LogP contribution in [0.1, 0.15) is 80.4 Å². The molecule has 4 aliphatic rings. The molecule has 0 aromatic heterocycles. The van der Waals surface area contributed by atoms with Crippen molar-refractivity contribution in [3.05, 3.63) is 28.3 Å². The first-order chi connectivity index (χ1) is 13.7. The van der Waals surface area contributed by atoms with Crippen LogP contribution in [-0.2, 0) is 17.7 Å². The van der Waals surface area contributed by atoms with Crippen molar-refractivity contribution < 1.29 is 14.3 Å². The van der Waals surface area contributed by atoms with E-state index in [0.29, 0.717) is 18.4 Å². The maximum atomic E-state index is 12.4. The van der Waals surface area contributed by atoms with Crippen LogP contribution in [0.15, 0.2) is 6.07 Å². The molecule has 5 atom stereocenters. The fourth-order valence-electron chi connectivity index (χ4n) is 7.55. The standard InChI is InChI=1S/C25H35NO3/c1-14-11-16-18(13-26-22(16)27)21-17(14)12-24(5)15(2)7-8-19-23(3,4)20(28-6)9-10-25(19,24)29-21/h11,15,19-20H,7-10,12-13H2,1-6H3,(H,26,27)/t15-,19?,20?,24+,25?/m0/s1. The number of carbonyl (C=O) groups is 1. The van der Waals surface area contributed by atoms with Crippen molar-refractivity contribution in [2.75, 3.05) is 7.11 Å². The average Bonchev–Trinajstić information content (AvgIpc) is 3.03. The summed E-state index contributed by atoms with van der Waals surface area (Å²) in [6.45, 7) is 12.4. The van der Waals surface area contributed by atoms with Gasteiger partial charge in [0.05, 0.1) is 6.10 Å². The van der Waals surface area contributed by atoms with Gasteiger partial charge in [-0.25, -0.2) is 0 Å². The molecule has 29 heavy (non-hydrogen) atoms. The molecule has 5 rings (SSSR count). The summed E-state index contributed by atoms with van der Waals surface area (Å²) in [4.78, 5) is 12.4. The van der Waals surface area contributed by atoms with Crippen LogP contribution in [0.5, 0.6) is 5.75 Å². The lowest BCUT2D eigenvalue weighted by molar-refractivity contribution is -0.237. The molecule has 1 aromatic carbocycles. The first kappa shape index (κ1) is 19.4. The van der Waals surface area contributed by atoms with Gasteiger partial charge in [-0.15, -0.1) is 0 Å². The second-order valence-corrected chi connectivity index (χ2v) is 10.9. The summed E-state index contributed by atoms with van der Waals surface area (Å²) in [5.41, 5.74) is 4.38. The van der Waals surface area contributed by atoms with Gasteiger partial charge in [0.15, 0.2) is 0 Å². The van der Waals surface area contributed by atoms with Crippen molar-refractivity contribution in [3.8, 4) is 5.75 Å². The summed E-state index contributed by atoms with van der Waals surface area (Å²) in [6, 6.07) is 2.08. The van der Waals surface area contributed by atoms with E-state index in [9.17, 15) is 4.79 Å². The van der Waals surface area contributed by atoms with Gasteiger partial charge in [0.2, 0.25) is 0 Å². The summed E-state index contributed by atoms with van der Waals surface area (Å²) in [6.07, 6.45) is 5.80. The van der Waals surface area contributed by atoms with E-state index in [1.807, 2.05) is 7.11 Å². The van der Waals surface area contributed by atoms with Crippen LogP contribution in [0, 0.1) is 29.6 Å². The third-order valence-corrected chi connectivity index (χ3v) is 9.50. The number of aryl methyl sites for hydroxylation is 1. The Bertz CT molecular complexity index is 891. The molecule has 2 fully saturated rings. The summed E-state index contributed by atoms with van der Waals surface area (Å²) >= 11 is 0. The average molecular weight is 398 g/mol. The molecule has 1 N–H and O–H groups in total. The summed E-state index contributed by atoms with van der Waals surface area (Å²) in [5.74, 6) is 2.11. The molecule has 1 aromatic rings. The molecule has 0 saturated heterocycles. The van der Waals surface area contributed by atoms with Gasteiger partial charge in [0, 0.05) is 36.1 Å². The highest BCUT2D eigenvalue weighted by Crippen LogP contribution is 2.66. The minimum Gasteiger partial charge on any atom is -0.486 e. The molecule has 2 aliphatic carbocycles. The van der Waals surface area contributed by atoms with E-state index >= 15 is 0 Å². The van der Waals surface area contributed by atoms with Crippen LogP contribution in [-0.4, -0.2) is 24.7 Å². The van der Waals surface area contributed by atoms with E-state index in [1.54, 1.807) is 0 Å². The van der Waals surface area contributed by atoms with Crippen LogP contribution in [0.2, 0.25) is 0 Å². The lowest BCUT2D eigenvalue weighted by Gasteiger charge is -2.67. The third kappa shape index (κ3) is 2.27. The largest absolute Gasteiger partial charge is 0.486 e. The molecule has 2 aliphatic heterocycles. The van der Waals surface area contributed by atoms with Crippen molar-refractivity contribution in [1.29, 1.82) is 0 Å². The van der Waals surface area contributed by atoms with E-state index < -0.39 is 0 Å². The summed E-state index contributed by atoms with van der Waals surface area (Å²) in [5, 5.41) is 3.02. The molecule has 1 spiro atoms. The second-order valence-electron chi connectivity index (χ2n) is 10.9. The molecule has 2 heterocycles. The van der Waals surface area contributed by atoms with E-state index in [4.69, 9.17) is 9.47 Å². The first-order valence-corrected chi connectivity index (χ1v) is 11.3. The molecule has 2 saturated carbocycles. The number of carbonyl (C=O) groups excluding carboxylic acids is 1. The number of rotatable bonds is 1. The minimum absolute atomic E-state index is 0.0392. The Kier molecular flexibility index (Phi) is 4.01. The Morgan fingerprint density at radius 3 is 2.66 bits per heavy atom. The second kappa shape index (κ2) is 6.00. The number of methoxy groups -OCH3 is 1. The van der Waals surface area contributed by atoms with Crippen LogP contribution in [0.25, 0.3) is 0 Å². The van der Waals surface area contributed by atoms with E-state index in [-0.39, 0.29) is 28.4 Å². The normalized spacial score (nSPS) is 39.5. The number of benzene rings is 1. The molecular weight excluding hydrogens is 362 g/mol. The van der Waals surface area contributed by atoms with Gasteiger partial charge in [-0.2, -0.15) is 0 Å². The molecule has 4 nitrogen and oxygen atoms in total. The molecule has 4 heteroatoms. The van der Waals surface area contributed by atoms with E-state index in [1.165, 1.54) is 24.0 Å². The van der Waals surface area contributed by atoms with Crippen LogP contribution < -0.4 is 10.1 Å². The SMILES string of the molecule is COC1CCC23Oc4c(c(C)cc5c4CNC5=O)C[C@]2(C)[C@@H](C)CCC3C1(C)C. The molecule has 3 unspecified atom stereocenters. The maximum Gasteiger partial charge on any atom is 0.252 e. The van der Waals surface area contributed by atoms with Crippen LogP contribution in [0.3, 0.4) is 0 Å². The number of ether oxygens (including phenoxy) is 2. The number of fused-ring (bicyclic) bond motifs is 3. The van der Waals surface area contributed by atoms with Crippen molar-refractivity contribution >= 4 is 5.91 Å². The van der Waals surface area contributed by atoms with Crippen molar-refractivity contribution in [2.24, 2.45) is 22.7 Å². The first-order valence-electron chi connectivity index (χ1n) is 11.3. The van der Waals surface area contributed by atoms with E-state index in [2.05, 4.69) is 46.0 Å². The third-order valence-electron chi connectivity index (χ3n) is 9.50. The number of hydrogen-bond donors (Lipinski definition) is 1. The number of nitrogens with one attached hydrogen (secondary N) is 1. The topological polar surface area (TPSA) is 47.6 Å². The fourth-order valence-corrected chi connectivity index (χ4v) is 7.55. The van der Waals surface area contributed by atoms with Gasteiger partial charge < -0.3 is 14.8 Å². The van der Waals surface area contributed by atoms with Gasteiger partial charge in [0.1, 0.15) is 11.4 Å². The molecular formula is C25H35NO3. The monoisotopic (exact) mass is 397 g/mol. The summed E-state index contributed by atoms with van der Waals surface area (Å²) < 4.78 is 13.2. The Morgan fingerprint density at radius 1 is 1.17 bits per heavy atom. The molecule has 0 radical (unpaired) electrons. The van der Waals surface area contributed by atoms with Gasteiger partial charge in [0.25, 0.3) is 5.91 Å². The number of amides is 1. The van der Waals surface area contributed by atoms with Crippen molar-refractivity contribution in [3.63, 3.8) is 0 Å². The minimum atomic E-state index is -0.191. The maximum absolute atomic E-state index is 12.4. The van der Waals surface area contributed by atoms with E-state index in [0.717, 1.165) is 36.1 Å². The zero-order valence-corrected chi connectivity index (χ0v) is 18.8. The fraction of sp³-hybridized carbons (Fsp3) is 0.720. The van der Waals surface area contributed by atoms with Crippen LogP contribution in [0.4, 0.5) is 0 Å². The molecule has 0 bridgehead atoms.